The van der Waals surface area contributed by atoms with Crippen LogP contribution < -0.4 is 10.6 Å². The summed E-state index contributed by atoms with van der Waals surface area (Å²) in [5, 5.41) is 8.11. The number of thiazole rings is 1. The number of H-pyrrole nitrogens is 1. The van der Waals surface area contributed by atoms with Gasteiger partial charge in [0.2, 0.25) is 5.91 Å². The van der Waals surface area contributed by atoms with Gasteiger partial charge < -0.3 is 15.6 Å². The average Bonchev–Trinajstić information content (AvgIpc) is 3.14. The number of nitrogens with one attached hydrogen (secondary N) is 3. The molecular formula is C15H21N5O2S. The Balaban J connectivity index is 2.01. The van der Waals surface area contributed by atoms with Crippen molar-refractivity contribution in [3.8, 4) is 0 Å². The SMILES string of the molecule is CC(=O)N[C@H](CC(C)C)c1nc(C(=O)NCc2ncc[nH]2)cs1. The first-order chi connectivity index (χ1) is 11.0. The van der Waals surface area contributed by atoms with Crippen LogP contribution in [-0.4, -0.2) is 26.8 Å². The van der Waals surface area contributed by atoms with Gasteiger partial charge in [-0.2, -0.15) is 0 Å². The number of rotatable bonds is 7. The molecule has 2 aromatic rings. The summed E-state index contributed by atoms with van der Waals surface area (Å²) in [4.78, 5) is 34.8. The summed E-state index contributed by atoms with van der Waals surface area (Å²) in [6.45, 7) is 5.97. The Hall–Kier alpha value is -2.22. The molecule has 0 saturated carbocycles. The van der Waals surface area contributed by atoms with Crippen molar-refractivity contribution in [1.82, 2.24) is 25.6 Å². The first kappa shape index (κ1) is 17.1. The number of nitrogens with zero attached hydrogens (tertiary/aromatic N) is 2. The number of imidazole rings is 1. The van der Waals surface area contributed by atoms with Crippen molar-refractivity contribution in [3.05, 3.63) is 34.3 Å². The van der Waals surface area contributed by atoms with Crippen molar-refractivity contribution in [2.24, 2.45) is 5.92 Å². The molecule has 1 atom stereocenters. The molecule has 2 heterocycles. The molecule has 0 aliphatic heterocycles. The second-order valence-corrected chi connectivity index (χ2v) is 6.56. The third-order valence-corrected chi connectivity index (χ3v) is 4.07. The van der Waals surface area contributed by atoms with Gasteiger partial charge in [0.05, 0.1) is 12.6 Å². The largest absolute Gasteiger partial charge is 0.347 e. The van der Waals surface area contributed by atoms with Crippen molar-refractivity contribution in [3.63, 3.8) is 0 Å². The summed E-state index contributed by atoms with van der Waals surface area (Å²) < 4.78 is 0. The highest BCUT2D eigenvalue weighted by Crippen LogP contribution is 2.24. The second-order valence-electron chi connectivity index (χ2n) is 5.67. The van der Waals surface area contributed by atoms with Crippen LogP contribution in [-0.2, 0) is 11.3 Å². The van der Waals surface area contributed by atoms with E-state index in [0.717, 1.165) is 11.4 Å². The number of aromatic amines is 1. The van der Waals surface area contributed by atoms with Crippen LogP contribution in [0, 0.1) is 5.92 Å². The maximum atomic E-state index is 12.1. The highest BCUT2D eigenvalue weighted by atomic mass is 32.1. The minimum Gasteiger partial charge on any atom is -0.347 e. The molecule has 0 spiro atoms. The molecule has 0 radical (unpaired) electrons. The molecule has 124 valence electrons. The lowest BCUT2D eigenvalue weighted by atomic mass is 10.0. The minimum absolute atomic E-state index is 0.102. The van der Waals surface area contributed by atoms with Gasteiger partial charge >= 0.3 is 0 Å². The van der Waals surface area contributed by atoms with E-state index in [-0.39, 0.29) is 17.9 Å². The molecule has 0 saturated heterocycles. The predicted molar refractivity (Wildman–Crippen MR) is 87.9 cm³/mol. The number of hydrogen-bond acceptors (Lipinski definition) is 5. The quantitative estimate of drug-likeness (QED) is 0.720. The highest BCUT2D eigenvalue weighted by Gasteiger charge is 2.20. The number of amides is 2. The molecule has 0 unspecified atom stereocenters. The molecule has 0 aliphatic carbocycles. The lowest BCUT2D eigenvalue weighted by Crippen LogP contribution is -2.27. The zero-order valence-corrected chi connectivity index (χ0v) is 14.2. The van der Waals surface area contributed by atoms with Gasteiger partial charge in [-0.25, -0.2) is 9.97 Å². The van der Waals surface area contributed by atoms with Crippen molar-refractivity contribution in [2.75, 3.05) is 0 Å². The topological polar surface area (TPSA) is 99.8 Å². The van der Waals surface area contributed by atoms with E-state index >= 15 is 0 Å². The summed E-state index contributed by atoms with van der Waals surface area (Å²) in [5.74, 6) is 0.737. The first-order valence-electron chi connectivity index (χ1n) is 7.44. The summed E-state index contributed by atoms with van der Waals surface area (Å²) in [5.41, 5.74) is 0.357. The van der Waals surface area contributed by atoms with Crippen molar-refractivity contribution in [2.45, 2.75) is 39.8 Å². The Morgan fingerprint density at radius 2 is 2.17 bits per heavy atom. The molecule has 2 rings (SSSR count). The number of hydrogen-bond donors (Lipinski definition) is 3. The van der Waals surface area contributed by atoms with Gasteiger partial charge in [-0.1, -0.05) is 13.8 Å². The van der Waals surface area contributed by atoms with E-state index < -0.39 is 0 Å². The second kappa shape index (κ2) is 7.87. The van der Waals surface area contributed by atoms with Gasteiger partial charge in [0.15, 0.2) is 0 Å². The van der Waals surface area contributed by atoms with Crippen molar-refractivity contribution >= 4 is 23.2 Å². The van der Waals surface area contributed by atoms with E-state index in [1.807, 2.05) is 0 Å². The fourth-order valence-electron chi connectivity index (χ4n) is 2.14. The third-order valence-electron chi connectivity index (χ3n) is 3.11. The van der Waals surface area contributed by atoms with Gasteiger partial charge in [-0.05, 0) is 12.3 Å². The van der Waals surface area contributed by atoms with Gasteiger partial charge in [-0.15, -0.1) is 11.3 Å². The first-order valence-corrected chi connectivity index (χ1v) is 8.32. The Kier molecular flexibility index (Phi) is 5.86. The van der Waals surface area contributed by atoms with Gasteiger partial charge in [0, 0.05) is 24.7 Å². The average molecular weight is 335 g/mol. The molecule has 0 aliphatic rings. The van der Waals surface area contributed by atoms with Crippen LogP contribution in [0.4, 0.5) is 0 Å². The van der Waals surface area contributed by atoms with E-state index in [4.69, 9.17) is 0 Å². The summed E-state index contributed by atoms with van der Waals surface area (Å²) in [6, 6.07) is -0.163. The van der Waals surface area contributed by atoms with Crippen LogP contribution in [0.2, 0.25) is 0 Å². The lowest BCUT2D eigenvalue weighted by molar-refractivity contribution is -0.119. The fraction of sp³-hybridized carbons (Fsp3) is 0.467. The molecule has 0 aromatic carbocycles. The molecule has 0 bridgehead atoms. The molecule has 7 nitrogen and oxygen atoms in total. The normalized spacial score (nSPS) is 12.2. The monoisotopic (exact) mass is 335 g/mol. The molecule has 2 amide bonds. The van der Waals surface area contributed by atoms with Crippen LogP contribution in [0.25, 0.3) is 0 Å². The number of aromatic nitrogens is 3. The molecule has 8 heteroatoms. The predicted octanol–water partition coefficient (Wildman–Crippen LogP) is 2.02. The smallest absolute Gasteiger partial charge is 0.271 e. The van der Waals surface area contributed by atoms with Gasteiger partial charge in [0.25, 0.3) is 5.91 Å². The summed E-state index contributed by atoms with van der Waals surface area (Å²) >= 11 is 1.38. The van der Waals surface area contributed by atoms with Crippen LogP contribution in [0.1, 0.15) is 54.6 Å². The number of carbonyl (C=O) groups excluding carboxylic acids is 2. The van der Waals surface area contributed by atoms with E-state index in [1.165, 1.54) is 18.3 Å². The van der Waals surface area contributed by atoms with E-state index in [0.29, 0.717) is 24.0 Å². The van der Waals surface area contributed by atoms with Gasteiger partial charge in [-0.3, -0.25) is 9.59 Å². The minimum atomic E-state index is -0.255. The van der Waals surface area contributed by atoms with Crippen LogP contribution in [0.3, 0.4) is 0 Å². The zero-order chi connectivity index (χ0) is 16.8. The van der Waals surface area contributed by atoms with Crippen LogP contribution >= 0.6 is 11.3 Å². The molecule has 23 heavy (non-hydrogen) atoms. The standard InChI is InChI=1S/C15H21N5O2S/c1-9(2)6-11(19-10(3)21)15-20-12(8-23-15)14(22)18-7-13-16-4-5-17-13/h4-5,8-9,11H,6-7H2,1-3H3,(H,16,17)(H,18,22)(H,19,21)/t11-/m1/s1. The molecule has 0 fully saturated rings. The summed E-state index contributed by atoms with van der Waals surface area (Å²) in [6.07, 6.45) is 4.11. The van der Waals surface area contributed by atoms with E-state index in [1.54, 1.807) is 17.8 Å². The van der Waals surface area contributed by atoms with Gasteiger partial charge in [0.1, 0.15) is 16.5 Å². The van der Waals surface area contributed by atoms with Crippen LogP contribution in [0.5, 0.6) is 0 Å². The fourth-order valence-corrected chi connectivity index (χ4v) is 3.00. The van der Waals surface area contributed by atoms with Crippen molar-refractivity contribution < 1.29 is 9.59 Å². The lowest BCUT2D eigenvalue weighted by Gasteiger charge is -2.17. The van der Waals surface area contributed by atoms with E-state index in [2.05, 4.69) is 39.4 Å². The molecule has 2 aromatic heterocycles. The Morgan fingerprint density at radius 3 is 2.78 bits per heavy atom. The number of carbonyl (C=O) groups is 2. The third kappa shape index (κ3) is 5.17. The molecule has 3 N–H and O–H groups in total. The van der Waals surface area contributed by atoms with Crippen LogP contribution in [0.15, 0.2) is 17.8 Å². The maximum absolute atomic E-state index is 12.1. The van der Waals surface area contributed by atoms with E-state index in [9.17, 15) is 9.59 Å². The highest BCUT2D eigenvalue weighted by molar-refractivity contribution is 7.09. The Morgan fingerprint density at radius 1 is 1.39 bits per heavy atom. The zero-order valence-electron chi connectivity index (χ0n) is 13.4. The maximum Gasteiger partial charge on any atom is 0.271 e. The Bertz CT molecular complexity index is 651. The Labute approximate surface area is 138 Å². The molecular weight excluding hydrogens is 314 g/mol. The summed E-state index contributed by atoms with van der Waals surface area (Å²) in [7, 11) is 0. The van der Waals surface area contributed by atoms with Crippen molar-refractivity contribution in [1.29, 1.82) is 0 Å².